The van der Waals surface area contributed by atoms with E-state index in [-0.39, 0.29) is 6.29 Å². The van der Waals surface area contributed by atoms with E-state index in [1.165, 1.54) is 0 Å². The van der Waals surface area contributed by atoms with Crippen molar-refractivity contribution in [2.75, 3.05) is 13.2 Å². The molecule has 0 aliphatic carbocycles. The van der Waals surface area contributed by atoms with Crippen molar-refractivity contribution in [1.29, 1.82) is 0 Å². The lowest BCUT2D eigenvalue weighted by Gasteiger charge is -2.11. The Labute approximate surface area is 81.2 Å². The summed E-state index contributed by atoms with van der Waals surface area (Å²) in [6.07, 6.45) is 8.82. The van der Waals surface area contributed by atoms with Gasteiger partial charge in [0, 0.05) is 13.2 Å². The Morgan fingerprint density at radius 3 is 2.08 bits per heavy atom. The van der Waals surface area contributed by atoms with Gasteiger partial charge in [-0.2, -0.15) is 0 Å². The van der Waals surface area contributed by atoms with Gasteiger partial charge in [0.15, 0.2) is 6.29 Å². The molecule has 0 saturated carbocycles. The SMILES string of the molecule is CC/C=C/C=C/C(OCC)OCC. The van der Waals surface area contributed by atoms with Crippen LogP contribution < -0.4 is 0 Å². The lowest BCUT2D eigenvalue weighted by Crippen LogP contribution is -2.13. The molecular formula is C11H20O2. The summed E-state index contributed by atoms with van der Waals surface area (Å²) in [5.74, 6) is 0. The summed E-state index contributed by atoms with van der Waals surface area (Å²) in [5, 5.41) is 0. The smallest absolute Gasteiger partial charge is 0.177 e. The zero-order chi connectivity index (χ0) is 9.94. The van der Waals surface area contributed by atoms with Gasteiger partial charge >= 0.3 is 0 Å². The Morgan fingerprint density at radius 1 is 1.00 bits per heavy atom. The highest BCUT2D eigenvalue weighted by Gasteiger charge is 1.99. The van der Waals surface area contributed by atoms with Crippen LogP contribution in [0.3, 0.4) is 0 Å². The predicted molar refractivity (Wildman–Crippen MR) is 55.6 cm³/mol. The summed E-state index contributed by atoms with van der Waals surface area (Å²) in [4.78, 5) is 0. The molecular weight excluding hydrogens is 164 g/mol. The molecule has 0 radical (unpaired) electrons. The van der Waals surface area contributed by atoms with Gasteiger partial charge in [-0.05, 0) is 26.3 Å². The molecule has 0 saturated heterocycles. The van der Waals surface area contributed by atoms with Crippen molar-refractivity contribution in [2.24, 2.45) is 0 Å². The molecule has 0 fully saturated rings. The van der Waals surface area contributed by atoms with E-state index in [1.54, 1.807) is 0 Å². The Balaban J connectivity index is 3.77. The number of hydrogen-bond donors (Lipinski definition) is 0. The van der Waals surface area contributed by atoms with Crippen LogP contribution >= 0.6 is 0 Å². The van der Waals surface area contributed by atoms with Gasteiger partial charge in [-0.3, -0.25) is 0 Å². The molecule has 0 unspecified atom stereocenters. The fourth-order valence-electron chi connectivity index (χ4n) is 0.857. The second-order valence-corrected chi connectivity index (χ2v) is 2.50. The molecule has 0 aliphatic heterocycles. The lowest BCUT2D eigenvalue weighted by atomic mass is 10.4. The van der Waals surface area contributed by atoms with Gasteiger partial charge in [0.1, 0.15) is 0 Å². The molecule has 13 heavy (non-hydrogen) atoms. The lowest BCUT2D eigenvalue weighted by molar-refractivity contribution is -0.103. The highest BCUT2D eigenvalue weighted by molar-refractivity contribution is 5.03. The highest BCUT2D eigenvalue weighted by atomic mass is 16.7. The van der Waals surface area contributed by atoms with Crippen LogP contribution in [0, 0.1) is 0 Å². The molecule has 0 aromatic carbocycles. The Hall–Kier alpha value is -0.600. The van der Waals surface area contributed by atoms with Crippen molar-refractivity contribution in [2.45, 2.75) is 33.5 Å². The van der Waals surface area contributed by atoms with Crippen LogP contribution in [-0.4, -0.2) is 19.5 Å². The number of allylic oxidation sites excluding steroid dienone is 3. The minimum absolute atomic E-state index is 0.198. The summed E-state index contributed by atoms with van der Waals surface area (Å²) < 4.78 is 10.6. The molecule has 0 amide bonds. The van der Waals surface area contributed by atoms with Gasteiger partial charge in [-0.25, -0.2) is 0 Å². The van der Waals surface area contributed by atoms with Crippen molar-refractivity contribution in [3.05, 3.63) is 24.3 Å². The third kappa shape index (κ3) is 7.75. The third-order valence-corrected chi connectivity index (χ3v) is 1.41. The minimum Gasteiger partial charge on any atom is -0.349 e. The molecule has 0 bridgehead atoms. The van der Waals surface area contributed by atoms with Gasteiger partial charge in [0.25, 0.3) is 0 Å². The van der Waals surface area contributed by atoms with Crippen LogP contribution in [0.1, 0.15) is 27.2 Å². The van der Waals surface area contributed by atoms with Crippen molar-refractivity contribution in [3.63, 3.8) is 0 Å². The third-order valence-electron chi connectivity index (χ3n) is 1.41. The van der Waals surface area contributed by atoms with Crippen molar-refractivity contribution < 1.29 is 9.47 Å². The van der Waals surface area contributed by atoms with Crippen LogP contribution in [0.2, 0.25) is 0 Å². The zero-order valence-corrected chi connectivity index (χ0v) is 8.82. The van der Waals surface area contributed by atoms with Crippen molar-refractivity contribution in [3.8, 4) is 0 Å². The minimum atomic E-state index is -0.198. The standard InChI is InChI=1S/C11H20O2/c1-4-7-8-9-10-11(12-5-2)13-6-3/h7-11H,4-6H2,1-3H3/b8-7+,10-9+. The van der Waals surface area contributed by atoms with Crippen molar-refractivity contribution >= 4 is 0 Å². The first-order chi connectivity index (χ1) is 6.35. The van der Waals surface area contributed by atoms with Gasteiger partial charge in [-0.1, -0.05) is 25.2 Å². The number of rotatable bonds is 7. The highest BCUT2D eigenvalue weighted by Crippen LogP contribution is 1.97. The van der Waals surface area contributed by atoms with Gasteiger partial charge in [-0.15, -0.1) is 0 Å². The van der Waals surface area contributed by atoms with E-state index in [9.17, 15) is 0 Å². The Kier molecular flexibility index (Phi) is 9.05. The maximum atomic E-state index is 5.32. The first-order valence-electron chi connectivity index (χ1n) is 4.91. The maximum Gasteiger partial charge on any atom is 0.177 e. The second-order valence-electron chi connectivity index (χ2n) is 2.50. The first-order valence-corrected chi connectivity index (χ1v) is 4.91. The fraction of sp³-hybridized carbons (Fsp3) is 0.636. The van der Waals surface area contributed by atoms with Gasteiger partial charge < -0.3 is 9.47 Å². The van der Waals surface area contributed by atoms with Gasteiger partial charge in [0.05, 0.1) is 0 Å². The molecule has 0 aromatic heterocycles. The summed E-state index contributed by atoms with van der Waals surface area (Å²) in [6, 6.07) is 0. The monoisotopic (exact) mass is 184 g/mol. The summed E-state index contributed by atoms with van der Waals surface area (Å²) in [7, 11) is 0. The zero-order valence-electron chi connectivity index (χ0n) is 8.82. The molecule has 76 valence electrons. The topological polar surface area (TPSA) is 18.5 Å². The predicted octanol–water partition coefficient (Wildman–Crippen LogP) is 2.91. The molecule has 2 nitrogen and oxygen atoms in total. The molecule has 0 rings (SSSR count). The largest absolute Gasteiger partial charge is 0.349 e. The molecule has 0 atom stereocenters. The van der Waals surface area contributed by atoms with Crippen molar-refractivity contribution in [1.82, 2.24) is 0 Å². The molecule has 0 heterocycles. The average Bonchev–Trinajstić information content (AvgIpc) is 2.13. The van der Waals surface area contributed by atoms with Crippen LogP contribution in [0.4, 0.5) is 0 Å². The van der Waals surface area contributed by atoms with Crippen LogP contribution in [0.15, 0.2) is 24.3 Å². The quantitative estimate of drug-likeness (QED) is 0.447. The van der Waals surface area contributed by atoms with E-state index in [0.717, 1.165) is 6.42 Å². The van der Waals surface area contributed by atoms with Crippen LogP contribution in [0.5, 0.6) is 0 Å². The van der Waals surface area contributed by atoms with E-state index in [1.807, 2.05) is 32.1 Å². The Bertz CT molecular complexity index is 144. The summed E-state index contributed by atoms with van der Waals surface area (Å²) in [6.45, 7) is 7.37. The summed E-state index contributed by atoms with van der Waals surface area (Å²) >= 11 is 0. The van der Waals surface area contributed by atoms with E-state index in [2.05, 4.69) is 13.0 Å². The average molecular weight is 184 g/mol. The number of ether oxygens (including phenoxy) is 2. The van der Waals surface area contributed by atoms with E-state index in [0.29, 0.717) is 13.2 Å². The second kappa shape index (κ2) is 9.49. The summed E-state index contributed by atoms with van der Waals surface area (Å²) in [5.41, 5.74) is 0. The molecule has 0 aromatic rings. The van der Waals surface area contributed by atoms with E-state index >= 15 is 0 Å². The Morgan fingerprint density at radius 2 is 1.62 bits per heavy atom. The maximum absolute atomic E-state index is 5.32. The van der Waals surface area contributed by atoms with E-state index in [4.69, 9.17) is 9.47 Å². The van der Waals surface area contributed by atoms with Crippen LogP contribution in [-0.2, 0) is 9.47 Å². The van der Waals surface area contributed by atoms with E-state index < -0.39 is 0 Å². The molecule has 2 heteroatoms. The van der Waals surface area contributed by atoms with Gasteiger partial charge in [0.2, 0.25) is 0 Å². The van der Waals surface area contributed by atoms with Crippen LogP contribution in [0.25, 0.3) is 0 Å². The first kappa shape index (κ1) is 12.4. The fourth-order valence-corrected chi connectivity index (χ4v) is 0.857. The molecule has 0 aliphatic rings. The normalized spacial score (nSPS) is 12.3. The number of hydrogen-bond acceptors (Lipinski definition) is 2. The molecule has 0 N–H and O–H groups in total. The molecule has 0 spiro atoms.